The Balaban J connectivity index is 0.00000104. The average molecular weight is 518 g/mol. The Morgan fingerprint density at radius 1 is 1.08 bits per heavy atom. The summed E-state index contributed by atoms with van der Waals surface area (Å²) in [5.41, 5.74) is 6.74. The third-order valence-corrected chi connectivity index (χ3v) is 12.1. The first-order valence-corrected chi connectivity index (χ1v) is 13.9. The number of hydrogen-bond donors (Lipinski definition) is 1. The zero-order valence-electron chi connectivity index (χ0n) is 12.9. The summed E-state index contributed by atoms with van der Waals surface area (Å²) in [5.74, 6) is 0. The van der Waals surface area contributed by atoms with Crippen LogP contribution in [0.2, 0.25) is 0 Å². The van der Waals surface area contributed by atoms with Crippen molar-refractivity contribution >= 4 is 37.4 Å². The second kappa shape index (κ2) is 8.06. The number of allylic oxidation sites excluding steroid dienone is 1. The Labute approximate surface area is 173 Å². The Kier molecular flexibility index (Phi) is 6.78. The Morgan fingerprint density at radius 2 is 1.88 bits per heavy atom. The van der Waals surface area contributed by atoms with Crippen molar-refractivity contribution in [2.24, 2.45) is 0 Å². The van der Waals surface area contributed by atoms with Gasteiger partial charge in [0, 0.05) is 0 Å². The first-order chi connectivity index (χ1) is 10.6. The molecule has 0 fully saturated rings. The molecule has 1 nitrogen and oxygen atoms in total. The third kappa shape index (κ3) is 3.41. The monoisotopic (exact) mass is 515 g/mol. The molecule has 0 radical (unpaired) electrons. The van der Waals surface area contributed by atoms with Gasteiger partial charge in [0.15, 0.2) is 0 Å². The van der Waals surface area contributed by atoms with E-state index < -0.39 is 19.7 Å². The van der Waals surface area contributed by atoms with Gasteiger partial charge in [-0.25, -0.2) is 0 Å². The van der Waals surface area contributed by atoms with E-state index in [4.69, 9.17) is 8.86 Å². The van der Waals surface area contributed by atoms with Gasteiger partial charge in [0.05, 0.1) is 0 Å². The molecular formula is C18H14BrCl2NSZr. The minimum absolute atomic E-state index is 0. The molecule has 0 atom stereocenters. The predicted octanol–water partition coefficient (Wildman–Crippen LogP) is -1.47. The predicted molar refractivity (Wildman–Crippen MR) is 95.8 cm³/mol. The van der Waals surface area contributed by atoms with E-state index in [2.05, 4.69) is 70.3 Å². The van der Waals surface area contributed by atoms with Crippen LogP contribution in [0, 0.1) is 0 Å². The summed E-state index contributed by atoms with van der Waals surface area (Å²) >= 11 is 1.41. The summed E-state index contributed by atoms with van der Waals surface area (Å²) < 4.78 is 4.05. The number of benzene rings is 1. The van der Waals surface area contributed by atoms with Crippen LogP contribution in [0.4, 0.5) is 0 Å². The van der Waals surface area contributed by atoms with Gasteiger partial charge in [0.25, 0.3) is 0 Å². The number of H-pyrrole nitrogens is 1. The molecule has 1 N–H and O–H groups in total. The van der Waals surface area contributed by atoms with Gasteiger partial charge in [-0.1, -0.05) is 0 Å². The van der Waals surface area contributed by atoms with Crippen molar-refractivity contribution in [3.8, 4) is 11.3 Å². The maximum Gasteiger partial charge on any atom is -1.00 e. The quantitative estimate of drug-likeness (QED) is 0.439. The summed E-state index contributed by atoms with van der Waals surface area (Å²) in [6.45, 7) is 2.20. The largest absolute Gasteiger partial charge is 1.00 e. The fourth-order valence-electron chi connectivity index (χ4n) is 3.19. The van der Waals surface area contributed by atoms with Crippen LogP contribution in [-0.2, 0) is 26.1 Å². The van der Waals surface area contributed by atoms with Crippen LogP contribution in [0.15, 0.2) is 52.6 Å². The van der Waals surface area contributed by atoms with E-state index in [9.17, 15) is 0 Å². The molecule has 2 aliphatic carbocycles. The molecule has 3 aliphatic rings. The number of aromatic amines is 1. The molecule has 1 heterocycles. The minimum Gasteiger partial charge on any atom is -1.00 e. The number of pyridine rings is 1. The summed E-state index contributed by atoms with van der Waals surface area (Å²) in [7, 11) is 6.13. The van der Waals surface area contributed by atoms with Crippen LogP contribution in [0.3, 0.4) is 0 Å². The van der Waals surface area contributed by atoms with Crippen LogP contribution >= 0.6 is 24.8 Å². The molecule has 6 heteroatoms. The van der Waals surface area contributed by atoms with Crippen molar-refractivity contribution < 1.29 is 44.5 Å². The smallest absolute Gasteiger partial charge is 1.00 e. The number of nitrogens with one attached hydrogen (secondary N) is 1. The van der Waals surface area contributed by atoms with Gasteiger partial charge in [-0.3, -0.25) is 0 Å². The van der Waals surface area contributed by atoms with E-state index in [0.29, 0.717) is 0 Å². The SMILES string of the molecule is CC1=Cc2[c]([Zr+2](=[S])[c]3cc[nH]c4cccc3-4)ccc(Br)c2C1.[Cl-].[Cl-]. The molecule has 0 saturated heterocycles. The Hall–Kier alpha value is -0.117. The van der Waals surface area contributed by atoms with Gasteiger partial charge in [0.1, 0.15) is 0 Å². The molecule has 122 valence electrons. The Morgan fingerprint density at radius 3 is 2.67 bits per heavy atom. The van der Waals surface area contributed by atoms with Gasteiger partial charge in [-0.15, -0.1) is 0 Å². The molecule has 1 aromatic carbocycles. The van der Waals surface area contributed by atoms with Crippen molar-refractivity contribution in [1.82, 2.24) is 4.98 Å². The molecule has 1 aliphatic heterocycles. The van der Waals surface area contributed by atoms with Crippen molar-refractivity contribution in [1.29, 1.82) is 0 Å². The number of halogens is 3. The minimum atomic E-state index is -2.29. The zero-order chi connectivity index (χ0) is 15.3. The number of hydrogen-bond acceptors (Lipinski definition) is 1. The van der Waals surface area contributed by atoms with Crippen LogP contribution in [0.5, 0.6) is 0 Å². The molecule has 0 aromatic heterocycles. The third-order valence-electron chi connectivity index (χ3n) is 4.23. The molecular weight excluding hydrogens is 504 g/mol. The fraction of sp³-hybridized carbons (Fsp3) is 0.111. The van der Waals surface area contributed by atoms with Crippen LogP contribution in [-0.4, -0.2) is 4.98 Å². The first-order valence-electron chi connectivity index (χ1n) is 7.24. The maximum atomic E-state index is 6.13. The van der Waals surface area contributed by atoms with E-state index in [-0.39, 0.29) is 24.8 Å². The van der Waals surface area contributed by atoms with Gasteiger partial charge in [0.2, 0.25) is 0 Å². The molecule has 0 unspecified atom stereocenters. The molecule has 0 amide bonds. The van der Waals surface area contributed by atoms with E-state index in [1.54, 1.807) is 0 Å². The van der Waals surface area contributed by atoms with E-state index >= 15 is 0 Å². The van der Waals surface area contributed by atoms with Crippen molar-refractivity contribution in [2.75, 3.05) is 0 Å². The van der Waals surface area contributed by atoms with Gasteiger partial charge >= 0.3 is 150 Å². The Bertz CT molecular complexity index is 919. The molecule has 0 saturated carbocycles. The summed E-state index contributed by atoms with van der Waals surface area (Å²) in [4.78, 5) is 3.31. The summed E-state index contributed by atoms with van der Waals surface area (Å²) in [6.07, 6.45) is 5.41. The zero-order valence-corrected chi connectivity index (χ0v) is 19.2. The molecule has 4 rings (SSSR count). The average Bonchev–Trinajstić information content (AvgIpc) is 3.12. The molecule has 24 heavy (non-hydrogen) atoms. The van der Waals surface area contributed by atoms with Gasteiger partial charge in [-0.2, -0.15) is 0 Å². The second-order valence-corrected chi connectivity index (χ2v) is 13.3. The van der Waals surface area contributed by atoms with Crippen LogP contribution < -0.4 is 31.4 Å². The number of fused-ring (bicyclic) bond motifs is 2. The number of rotatable bonds is 2. The molecule has 0 bridgehead atoms. The summed E-state index contributed by atoms with van der Waals surface area (Å²) in [5, 5.41) is 0. The topological polar surface area (TPSA) is 15.8 Å². The van der Waals surface area contributed by atoms with Crippen molar-refractivity contribution in [3.05, 3.63) is 63.8 Å². The second-order valence-electron chi connectivity index (χ2n) is 5.73. The van der Waals surface area contributed by atoms with E-state index in [1.165, 1.54) is 39.0 Å². The van der Waals surface area contributed by atoms with Gasteiger partial charge in [-0.05, 0) is 0 Å². The maximum absolute atomic E-state index is 6.13. The van der Waals surface area contributed by atoms with Crippen molar-refractivity contribution in [2.45, 2.75) is 13.3 Å². The van der Waals surface area contributed by atoms with Gasteiger partial charge < -0.3 is 24.8 Å². The normalized spacial score (nSPS) is 11.8. The molecule has 1 aromatic rings. The first kappa shape index (κ1) is 20.2. The van der Waals surface area contributed by atoms with Crippen LogP contribution in [0.1, 0.15) is 18.1 Å². The fourth-order valence-corrected chi connectivity index (χ4v) is 9.93. The van der Waals surface area contributed by atoms with E-state index in [1.807, 2.05) is 6.20 Å². The standard InChI is InChI=1S/C10H8Br.C8H6N.2ClH.S.Zr/c1-7-5-8-3-2-4-10(11)9(8)6-7;1-3-7-4-2-6-9-8(7)5-1;;;;/h2,4-5H,6H2,1H3;1-3,5-6,9H;2*1H;;/q;;;;;+2/p-2. The van der Waals surface area contributed by atoms with Crippen LogP contribution in [0.25, 0.3) is 17.3 Å². The summed E-state index contributed by atoms with van der Waals surface area (Å²) in [6, 6.07) is 13.1. The number of aromatic nitrogens is 1. The molecule has 0 spiro atoms. The van der Waals surface area contributed by atoms with Crippen molar-refractivity contribution in [3.63, 3.8) is 0 Å². The van der Waals surface area contributed by atoms with E-state index in [0.717, 1.165) is 6.42 Å².